The molecule has 1 aliphatic carbocycles. The van der Waals surface area contributed by atoms with Crippen LogP contribution < -0.4 is 0 Å². The monoisotopic (exact) mass is 497 g/mol. The first-order chi connectivity index (χ1) is 17.6. The fourth-order valence-electron chi connectivity index (χ4n) is 5.30. The lowest BCUT2D eigenvalue weighted by Crippen LogP contribution is -2.32. The number of aryl methyl sites for hydroxylation is 2. The second-order valence-electron chi connectivity index (χ2n) is 9.40. The lowest BCUT2D eigenvalue weighted by molar-refractivity contribution is -0.131. The summed E-state index contributed by atoms with van der Waals surface area (Å²) in [5, 5.41) is 8.54. The summed E-state index contributed by atoms with van der Waals surface area (Å²) >= 11 is 1.46. The first-order valence-corrected chi connectivity index (χ1v) is 13.3. The second-order valence-corrected chi connectivity index (χ2v) is 10.4. The van der Waals surface area contributed by atoms with E-state index in [9.17, 15) is 4.79 Å². The summed E-state index contributed by atoms with van der Waals surface area (Å²) in [5.74, 6) is 1.87. The molecule has 3 aromatic heterocycles. The average molecular weight is 498 g/mol. The summed E-state index contributed by atoms with van der Waals surface area (Å²) < 4.78 is 11.4. The highest BCUT2D eigenvalue weighted by molar-refractivity contribution is 7.99. The topological polar surface area (TPSA) is 71.8 Å². The molecule has 1 fully saturated rings. The second kappa shape index (κ2) is 9.47. The summed E-state index contributed by atoms with van der Waals surface area (Å²) in [5.41, 5.74) is 5.37. The van der Waals surface area contributed by atoms with E-state index in [1.54, 1.807) is 17.5 Å². The van der Waals surface area contributed by atoms with Crippen molar-refractivity contribution >= 4 is 40.4 Å². The van der Waals surface area contributed by atoms with Crippen LogP contribution in [-0.4, -0.2) is 27.4 Å². The molecule has 0 radical (unpaired) electrons. The van der Waals surface area contributed by atoms with Crippen LogP contribution in [0.15, 0.2) is 85.6 Å². The zero-order chi connectivity index (χ0) is 24.6. The van der Waals surface area contributed by atoms with Crippen LogP contribution in [0.3, 0.4) is 0 Å². The summed E-state index contributed by atoms with van der Waals surface area (Å²) in [7, 11) is 0. The van der Waals surface area contributed by atoms with Crippen LogP contribution in [0.5, 0.6) is 0 Å². The smallest absolute Gasteiger partial charge is 0.253 e. The fourth-order valence-corrected chi connectivity index (χ4v) is 6.12. The van der Waals surface area contributed by atoms with Crippen molar-refractivity contribution in [3.8, 4) is 0 Å². The Labute approximate surface area is 214 Å². The lowest BCUT2D eigenvalue weighted by Gasteiger charge is -2.27. The number of hydrogen-bond acceptors (Lipinski definition) is 6. The molecule has 1 aromatic carbocycles. The third-order valence-corrected chi connectivity index (χ3v) is 7.92. The predicted molar refractivity (Wildman–Crippen MR) is 142 cm³/mol. The maximum atomic E-state index is 13.6. The van der Waals surface area contributed by atoms with Crippen molar-refractivity contribution in [2.24, 2.45) is 11.0 Å². The number of hydrazone groups is 1. The highest BCUT2D eigenvalue weighted by Gasteiger charge is 2.45. The van der Waals surface area contributed by atoms with E-state index < -0.39 is 0 Å². The molecule has 36 heavy (non-hydrogen) atoms. The molecule has 7 heteroatoms. The van der Waals surface area contributed by atoms with Crippen LogP contribution in [0.25, 0.3) is 17.0 Å². The first kappa shape index (κ1) is 22.9. The van der Waals surface area contributed by atoms with Gasteiger partial charge in [-0.25, -0.2) is 9.99 Å². The van der Waals surface area contributed by atoms with Gasteiger partial charge in [-0.3, -0.25) is 4.79 Å². The van der Waals surface area contributed by atoms with Crippen molar-refractivity contribution in [3.63, 3.8) is 0 Å². The average Bonchev–Trinajstić information content (AvgIpc) is 3.64. The molecule has 6 nitrogen and oxygen atoms in total. The third-order valence-electron chi connectivity index (χ3n) is 7.02. The maximum Gasteiger partial charge on any atom is 0.253 e. The Morgan fingerprint density at radius 2 is 1.97 bits per heavy atom. The van der Waals surface area contributed by atoms with Crippen molar-refractivity contribution in [1.82, 2.24) is 9.99 Å². The summed E-state index contributed by atoms with van der Waals surface area (Å²) in [4.78, 5) is 18.4. The molecule has 1 saturated carbocycles. The van der Waals surface area contributed by atoms with E-state index in [-0.39, 0.29) is 23.6 Å². The maximum absolute atomic E-state index is 13.6. The van der Waals surface area contributed by atoms with Crippen LogP contribution in [0.2, 0.25) is 0 Å². The van der Waals surface area contributed by atoms with Gasteiger partial charge in [-0.1, -0.05) is 30.0 Å². The van der Waals surface area contributed by atoms with E-state index in [4.69, 9.17) is 18.9 Å². The van der Waals surface area contributed by atoms with Crippen molar-refractivity contribution < 1.29 is 13.6 Å². The number of benzene rings is 1. The molecule has 1 amide bonds. The molecule has 0 spiro atoms. The van der Waals surface area contributed by atoms with E-state index in [0.717, 1.165) is 69.1 Å². The van der Waals surface area contributed by atoms with E-state index >= 15 is 0 Å². The Morgan fingerprint density at radius 3 is 2.78 bits per heavy atom. The third kappa shape index (κ3) is 4.17. The minimum absolute atomic E-state index is 0.0509. The number of nitrogens with zero attached hydrogens (tertiary/aromatic N) is 3. The molecular weight excluding hydrogens is 470 g/mol. The molecule has 182 valence electrons. The van der Waals surface area contributed by atoms with Crippen LogP contribution in [0.1, 0.15) is 48.0 Å². The first-order valence-electron chi connectivity index (χ1n) is 12.3. The number of thioether (sulfide) groups is 1. The molecule has 4 heterocycles. The molecule has 0 bridgehead atoms. The van der Waals surface area contributed by atoms with Crippen molar-refractivity contribution in [3.05, 3.63) is 89.3 Å². The van der Waals surface area contributed by atoms with Gasteiger partial charge >= 0.3 is 0 Å². The number of rotatable bonds is 5. The Balaban J connectivity index is 1.29. The minimum atomic E-state index is -0.239. The fraction of sp³-hybridized carbons (Fsp3) is 0.276. The van der Waals surface area contributed by atoms with Crippen LogP contribution in [-0.2, 0) is 4.79 Å². The van der Waals surface area contributed by atoms with Crippen LogP contribution in [0, 0.1) is 19.8 Å². The minimum Gasteiger partial charge on any atom is -0.467 e. The van der Waals surface area contributed by atoms with E-state index in [0.29, 0.717) is 0 Å². The number of pyridine rings is 1. The van der Waals surface area contributed by atoms with Gasteiger partial charge < -0.3 is 8.83 Å². The number of fused-ring (bicyclic) bond motifs is 2. The Morgan fingerprint density at radius 1 is 1.11 bits per heavy atom. The number of furan rings is 2. The van der Waals surface area contributed by atoms with Crippen LogP contribution >= 0.6 is 11.8 Å². The predicted octanol–water partition coefficient (Wildman–Crippen LogP) is 6.95. The van der Waals surface area contributed by atoms with Gasteiger partial charge in [-0.05, 0) is 86.2 Å². The molecule has 1 aliphatic heterocycles. The molecule has 4 aromatic rings. The number of para-hydroxylation sites is 1. The van der Waals surface area contributed by atoms with Gasteiger partial charge in [0.25, 0.3) is 5.91 Å². The zero-order valence-electron chi connectivity index (χ0n) is 20.3. The number of allylic oxidation sites excluding steroid dienone is 1. The molecule has 6 rings (SSSR count). The highest BCUT2D eigenvalue weighted by Crippen LogP contribution is 2.44. The quantitative estimate of drug-likeness (QED) is 0.279. The zero-order valence-corrected chi connectivity index (χ0v) is 21.1. The summed E-state index contributed by atoms with van der Waals surface area (Å²) in [6, 6.07) is 15.7. The number of carbonyl (C=O) groups is 1. The molecule has 0 saturated heterocycles. The number of amides is 1. The van der Waals surface area contributed by atoms with Crippen molar-refractivity contribution in [2.75, 3.05) is 5.75 Å². The van der Waals surface area contributed by atoms with Gasteiger partial charge in [0.1, 0.15) is 17.6 Å². The molecule has 2 atom stereocenters. The number of carbonyl (C=O) groups excluding carboxylic acids is 1. The van der Waals surface area contributed by atoms with Gasteiger partial charge in [0, 0.05) is 11.3 Å². The van der Waals surface area contributed by atoms with Gasteiger partial charge in [0.15, 0.2) is 0 Å². The van der Waals surface area contributed by atoms with Crippen molar-refractivity contribution in [1.29, 1.82) is 0 Å². The molecule has 0 N–H and O–H groups in total. The Kier molecular flexibility index (Phi) is 6.01. The highest BCUT2D eigenvalue weighted by atomic mass is 32.2. The lowest BCUT2D eigenvalue weighted by atomic mass is 9.79. The van der Waals surface area contributed by atoms with Crippen LogP contribution in [0.4, 0.5) is 0 Å². The van der Waals surface area contributed by atoms with Gasteiger partial charge in [0.2, 0.25) is 0 Å². The van der Waals surface area contributed by atoms with E-state index in [1.807, 2.05) is 24.3 Å². The van der Waals surface area contributed by atoms with E-state index in [1.165, 1.54) is 11.8 Å². The standard InChI is InChI=1S/C29H27N3O3S/c1-18-7-3-10-22-19(2)15-25(30-27(18)22)36-17-26(33)32-29(24-12-6-14-35-24)23-11-4-8-20(28(23)31-32)16-21-9-5-13-34-21/h3,5-7,9-10,12-16,23,29H,4,8,11,17H2,1-2H3/b20-16+/t23-,29+/m1/s1. The molecule has 2 aliphatic rings. The summed E-state index contributed by atoms with van der Waals surface area (Å²) in [6.07, 6.45) is 8.29. The number of hydrogen-bond donors (Lipinski definition) is 0. The largest absolute Gasteiger partial charge is 0.467 e. The Hall–Kier alpha value is -3.58. The van der Waals surface area contributed by atoms with Gasteiger partial charge in [0.05, 0.1) is 34.5 Å². The number of aromatic nitrogens is 1. The molecule has 0 unspecified atom stereocenters. The SMILES string of the molecule is Cc1cc(SCC(=O)N2N=C3/C(=C/c4ccco4)CCC[C@H]3[C@H]2c2ccco2)nc2c(C)cccc12. The normalized spacial score (nSPS) is 20.7. The summed E-state index contributed by atoms with van der Waals surface area (Å²) in [6.45, 7) is 4.16. The van der Waals surface area contributed by atoms with Gasteiger partial charge in [-0.2, -0.15) is 5.10 Å². The van der Waals surface area contributed by atoms with Gasteiger partial charge in [-0.15, -0.1) is 0 Å². The van der Waals surface area contributed by atoms with E-state index in [2.05, 4.69) is 44.2 Å². The van der Waals surface area contributed by atoms with Crippen molar-refractivity contribution in [2.45, 2.75) is 44.2 Å². The molecular formula is C29H27N3O3S. The Bertz CT molecular complexity index is 1470.